The first-order chi connectivity index (χ1) is 8.06. The molecule has 0 saturated heterocycles. The van der Waals surface area contributed by atoms with Gasteiger partial charge < -0.3 is 4.74 Å². The molecule has 0 saturated carbocycles. The fourth-order valence-electron chi connectivity index (χ4n) is 1.63. The monoisotopic (exact) mass is 234 g/mol. The minimum absolute atomic E-state index is 0.0184. The summed E-state index contributed by atoms with van der Waals surface area (Å²) in [5.74, 6) is -0.477. The fraction of sp³-hybridized carbons (Fsp3) is 0.429. The SMILES string of the molecule is COC(=O)C(C)C(C)CC(=O)c1ccccc1. The van der Waals surface area contributed by atoms with Crippen molar-refractivity contribution in [3.05, 3.63) is 35.9 Å². The molecule has 1 aromatic carbocycles. The second kappa shape index (κ2) is 6.18. The van der Waals surface area contributed by atoms with Crippen LogP contribution in [-0.2, 0) is 9.53 Å². The summed E-state index contributed by atoms with van der Waals surface area (Å²) in [6.07, 6.45) is 0.361. The van der Waals surface area contributed by atoms with Crippen molar-refractivity contribution in [2.24, 2.45) is 11.8 Å². The summed E-state index contributed by atoms with van der Waals surface area (Å²) in [7, 11) is 1.37. The summed E-state index contributed by atoms with van der Waals surface area (Å²) in [6.45, 7) is 3.68. The molecule has 1 rings (SSSR count). The molecule has 0 N–H and O–H groups in total. The summed E-state index contributed by atoms with van der Waals surface area (Å²) < 4.78 is 4.67. The van der Waals surface area contributed by atoms with E-state index >= 15 is 0 Å². The van der Waals surface area contributed by atoms with Gasteiger partial charge in [0.2, 0.25) is 0 Å². The second-order valence-corrected chi connectivity index (χ2v) is 4.28. The topological polar surface area (TPSA) is 43.4 Å². The van der Waals surface area contributed by atoms with Gasteiger partial charge in [-0.05, 0) is 5.92 Å². The summed E-state index contributed by atoms with van der Waals surface area (Å²) in [4.78, 5) is 23.3. The second-order valence-electron chi connectivity index (χ2n) is 4.28. The molecule has 2 unspecified atom stereocenters. The van der Waals surface area contributed by atoms with E-state index in [0.29, 0.717) is 12.0 Å². The third-order valence-corrected chi connectivity index (χ3v) is 3.03. The van der Waals surface area contributed by atoms with Crippen LogP contribution in [0.2, 0.25) is 0 Å². The maximum Gasteiger partial charge on any atom is 0.308 e. The van der Waals surface area contributed by atoms with E-state index < -0.39 is 0 Å². The smallest absolute Gasteiger partial charge is 0.308 e. The Morgan fingerprint density at radius 2 is 1.76 bits per heavy atom. The normalized spacial score (nSPS) is 13.8. The van der Waals surface area contributed by atoms with E-state index in [9.17, 15) is 9.59 Å². The van der Waals surface area contributed by atoms with E-state index in [1.54, 1.807) is 19.1 Å². The largest absolute Gasteiger partial charge is 0.469 e. The zero-order valence-electron chi connectivity index (χ0n) is 10.5. The maximum atomic E-state index is 11.9. The zero-order valence-corrected chi connectivity index (χ0v) is 10.5. The van der Waals surface area contributed by atoms with Crippen LogP contribution in [0.25, 0.3) is 0 Å². The van der Waals surface area contributed by atoms with Gasteiger partial charge in [0, 0.05) is 12.0 Å². The number of benzene rings is 1. The number of carbonyl (C=O) groups is 2. The van der Waals surface area contributed by atoms with Gasteiger partial charge in [-0.2, -0.15) is 0 Å². The van der Waals surface area contributed by atoms with E-state index in [1.807, 2.05) is 25.1 Å². The Morgan fingerprint density at radius 3 is 2.29 bits per heavy atom. The zero-order chi connectivity index (χ0) is 12.8. The number of Topliss-reactive ketones (excluding diaryl/α,β-unsaturated/α-hetero) is 1. The van der Waals surface area contributed by atoms with Crippen molar-refractivity contribution < 1.29 is 14.3 Å². The molecule has 0 heterocycles. The third kappa shape index (κ3) is 3.70. The van der Waals surface area contributed by atoms with E-state index in [2.05, 4.69) is 4.74 Å². The van der Waals surface area contributed by atoms with Gasteiger partial charge in [0.05, 0.1) is 13.0 Å². The van der Waals surface area contributed by atoms with Gasteiger partial charge in [0.1, 0.15) is 0 Å². The number of rotatable bonds is 5. The highest BCUT2D eigenvalue weighted by Crippen LogP contribution is 2.19. The number of hydrogen-bond donors (Lipinski definition) is 0. The van der Waals surface area contributed by atoms with Crippen LogP contribution in [0.5, 0.6) is 0 Å². The molecule has 0 fully saturated rings. The number of ketones is 1. The molecule has 1 aromatic rings. The summed E-state index contributed by atoms with van der Waals surface area (Å²) in [5, 5.41) is 0. The highest BCUT2D eigenvalue weighted by Gasteiger charge is 2.23. The van der Waals surface area contributed by atoms with E-state index in [1.165, 1.54) is 7.11 Å². The van der Waals surface area contributed by atoms with E-state index in [0.717, 1.165) is 0 Å². The van der Waals surface area contributed by atoms with Crippen LogP contribution in [0.4, 0.5) is 0 Å². The molecule has 0 amide bonds. The molecule has 0 bridgehead atoms. The first-order valence-electron chi connectivity index (χ1n) is 5.72. The van der Waals surface area contributed by atoms with Gasteiger partial charge in [-0.15, -0.1) is 0 Å². The quantitative estimate of drug-likeness (QED) is 0.581. The lowest BCUT2D eigenvalue weighted by Crippen LogP contribution is -2.22. The van der Waals surface area contributed by atoms with E-state index in [-0.39, 0.29) is 23.6 Å². The van der Waals surface area contributed by atoms with E-state index in [4.69, 9.17) is 0 Å². The van der Waals surface area contributed by atoms with Gasteiger partial charge >= 0.3 is 5.97 Å². The van der Waals surface area contributed by atoms with Crippen LogP contribution < -0.4 is 0 Å². The number of esters is 1. The maximum absolute atomic E-state index is 11.9. The molecule has 0 aliphatic heterocycles. The van der Waals surface area contributed by atoms with Crippen molar-refractivity contribution in [3.8, 4) is 0 Å². The van der Waals surface area contributed by atoms with Gasteiger partial charge in [-0.1, -0.05) is 44.2 Å². The highest BCUT2D eigenvalue weighted by atomic mass is 16.5. The van der Waals surface area contributed by atoms with Crippen LogP contribution in [0, 0.1) is 11.8 Å². The molecule has 2 atom stereocenters. The Labute approximate surface area is 102 Å². The standard InChI is InChI=1S/C14H18O3/c1-10(11(2)14(16)17-3)9-13(15)12-7-5-4-6-8-12/h4-8,10-11H,9H2,1-3H3. The molecule has 92 valence electrons. The predicted octanol–water partition coefficient (Wildman–Crippen LogP) is 2.70. The number of ether oxygens (including phenoxy) is 1. The van der Waals surface area contributed by atoms with Gasteiger partial charge in [-0.25, -0.2) is 0 Å². The Balaban J connectivity index is 2.60. The first-order valence-corrected chi connectivity index (χ1v) is 5.72. The van der Waals surface area contributed by atoms with Crippen molar-refractivity contribution in [2.45, 2.75) is 20.3 Å². The molecular weight excluding hydrogens is 216 g/mol. The molecule has 0 aliphatic rings. The van der Waals surface area contributed by atoms with Gasteiger partial charge in [0.15, 0.2) is 5.78 Å². The molecule has 3 heteroatoms. The lowest BCUT2D eigenvalue weighted by Gasteiger charge is -2.16. The van der Waals surface area contributed by atoms with Crippen molar-refractivity contribution in [1.82, 2.24) is 0 Å². The molecule has 3 nitrogen and oxygen atoms in total. The van der Waals surface area contributed by atoms with Crippen molar-refractivity contribution in [2.75, 3.05) is 7.11 Å². The number of hydrogen-bond acceptors (Lipinski definition) is 3. The molecule has 0 radical (unpaired) electrons. The fourth-order valence-corrected chi connectivity index (χ4v) is 1.63. The molecule has 0 aliphatic carbocycles. The third-order valence-electron chi connectivity index (χ3n) is 3.03. The van der Waals surface area contributed by atoms with Crippen LogP contribution >= 0.6 is 0 Å². The molecule has 0 spiro atoms. The Bertz CT molecular complexity index is 384. The molecule has 17 heavy (non-hydrogen) atoms. The van der Waals surface area contributed by atoms with Crippen LogP contribution in [0.15, 0.2) is 30.3 Å². The Hall–Kier alpha value is -1.64. The van der Waals surface area contributed by atoms with Crippen LogP contribution in [-0.4, -0.2) is 18.9 Å². The number of methoxy groups -OCH3 is 1. The van der Waals surface area contributed by atoms with Crippen LogP contribution in [0.1, 0.15) is 30.6 Å². The lowest BCUT2D eigenvalue weighted by molar-refractivity contribution is -0.146. The summed E-state index contributed by atoms with van der Waals surface area (Å²) in [6, 6.07) is 9.12. The number of carbonyl (C=O) groups excluding carboxylic acids is 2. The Morgan fingerprint density at radius 1 is 1.18 bits per heavy atom. The lowest BCUT2D eigenvalue weighted by atomic mass is 9.89. The van der Waals surface area contributed by atoms with Crippen molar-refractivity contribution in [3.63, 3.8) is 0 Å². The average molecular weight is 234 g/mol. The molecular formula is C14H18O3. The summed E-state index contributed by atoms with van der Waals surface area (Å²) in [5.41, 5.74) is 0.691. The predicted molar refractivity (Wildman–Crippen MR) is 65.7 cm³/mol. The first kappa shape index (κ1) is 13.4. The van der Waals surface area contributed by atoms with Crippen LogP contribution in [0.3, 0.4) is 0 Å². The highest BCUT2D eigenvalue weighted by molar-refractivity contribution is 5.96. The van der Waals surface area contributed by atoms with Gasteiger partial charge in [0.25, 0.3) is 0 Å². The minimum Gasteiger partial charge on any atom is -0.469 e. The Kier molecular flexibility index (Phi) is 4.88. The van der Waals surface area contributed by atoms with Crippen molar-refractivity contribution >= 4 is 11.8 Å². The van der Waals surface area contributed by atoms with Gasteiger partial charge in [-0.3, -0.25) is 9.59 Å². The summed E-state index contributed by atoms with van der Waals surface area (Å²) >= 11 is 0. The molecule has 0 aromatic heterocycles. The van der Waals surface area contributed by atoms with Crippen molar-refractivity contribution in [1.29, 1.82) is 0 Å². The average Bonchev–Trinajstić information content (AvgIpc) is 2.37. The minimum atomic E-state index is -0.265.